The van der Waals surface area contributed by atoms with Gasteiger partial charge in [-0.2, -0.15) is 0 Å². The van der Waals surface area contributed by atoms with Gasteiger partial charge in [0, 0.05) is 6.42 Å². The van der Waals surface area contributed by atoms with Gasteiger partial charge in [-0.15, -0.1) is 0 Å². The van der Waals surface area contributed by atoms with Gasteiger partial charge in [-0.3, -0.25) is 4.79 Å². The number of ether oxygens (including phenoxy) is 3. The van der Waals surface area contributed by atoms with E-state index in [1.54, 1.807) is 13.8 Å². The Balaban J connectivity index is 2.36. The maximum Gasteiger partial charge on any atom is 0.305 e. The van der Waals surface area contributed by atoms with Crippen LogP contribution in [-0.2, 0) is 23.8 Å². The Kier molecular flexibility index (Phi) is 4.44. The van der Waals surface area contributed by atoms with Crippen molar-refractivity contribution in [3.8, 4) is 0 Å². The van der Waals surface area contributed by atoms with E-state index in [4.69, 9.17) is 9.47 Å². The Morgan fingerprint density at radius 3 is 2.69 bits per heavy atom. The molecule has 5 heteroatoms. The minimum absolute atomic E-state index is 0.249. The van der Waals surface area contributed by atoms with Crippen LogP contribution in [-0.4, -0.2) is 37.4 Å². The molecule has 0 aromatic heterocycles. The highest BCUT2D eigenvalue weighted by molar-refractivity contribution is 5.69. The summed E-state index contributed by atoms with van der Waals surface area (Å²) in [5.74, 6) is -0.970. The molecule has 0 unspecified atom stereocenters. The zero-order valence-corrected chi connectivity index (χ0v) is 9.89. The van der Waals surface area contributed by atoms with Crippen LogP contribution < -0.4 is 0 Å². The van der Waals surface area contributed by atoms with Gasteiger partial charge in [0.2, 0.25) is 0 Å². The van der Waals surface area contributed by atoms with Crippen LogP contribution in [0.4, 0.5) is 0 Å². The van der Waals surface area contributed by atoms with Crippen molar-refractivity contribution >= 4 is 12.3 Å². The number of carbonyl (C=O) groups is 2. The van der Waals surface area contributed by atoms with E-state index in [0.717, 1.165) is 6.29 Å². The lowest BCUT2D eigenvalue weighted by Crippen LogP contribution is -2.24. The molecular weight excluding hydrogens is 212 g/mol. The number of hydrogen-bond acceptors (Lipinski definition) is 5. The third-order valence-electron chi connectivity index (χ3n) is 2.45. The first-order valence-electron chi connectivity index (χ1n) is 5.36. The molecule has 0 spiro atoms. The predicted molar refractivity (Wildman–Crippen MR) is 55.8 cm³/mol. The molecule has 2 atom stereocenters. The molecule has 5 nitrogen and oxygen atoms in total. The molecule has 0 radical (unpaired) electrons. The van der Waals surface area contributed by atoms with Crippen LogP contribution in [0.15, 0.2) is 0 Å². The average Bonchev–Trinajstić information content (AvgIpc) is 2.53. The van der Waals surface area contributed by atoms with Crippen molar-refractivity contribution in [2.75, 3.05) is 7.11 Å². The largest absolute Gasteiger partial charge is 0.469 e. The maximum atomic E-state index is 10.9. The number of hydrogen-bond donors (Lipinski definition) is 0. The van der Waals surface area contributed by atoms with E-state index < -0.39 is 11.9 Å². The van der Waals surface area contributed by atoms with E-state index in [1.807, 2.05) is 0 Å². The van der Waals surface area contributed by atoms with Gasteiger partial charge >= 0.3 is 5.97 Å². The molecule has 0 amide bonds. The van der Waals surface area contributed by atoms with E-state index in [9.17, 15) is 9.59 Å². The second-order valence-corrected chi connectivity index (χ2v) is 4.24. The number of rotatable bonds is 5. The highest BCUT2D eigenvalue weighted by atomic mass is 16.8. The van der Waals surface area contributed by atoms with Crippen LogP contribution in [0, 0.1) is 0 Å². The fourth-order valence-corrected chi connectivity index (χ4v) is 1.75. The Labute approximate surface area is 95.0 Å². The van der Waals surface area contributed by atoms with Gasteiger partial charge in [0.25, 0.3) is 0 Å². The lowest BCUT2D eigenvalue weighted by atomic mass is 10.1. The van der Waals surface area contributed by atoms with E-state index in [1.165, 1.54) is 7.11 Å². The summed E-state index contributed by atoms with van der Waals surface area (Å²) in [6.45, 7) is 3.54. The van der Waals surface area contributed by atoms with Gasteiger partial charge in [0.05, 0.1) is 13.2 Å². The monoisotopic (exact) mass is 230 g/mol. The summed E-state index contributed by atoms with van der Waals surface area (Å²) in [7, 11) is 1.36. The summed E-state index contributed by atoms with van der Waals surface area (Å²) in [6, 6.07) is 0. The van der Waals surface area contributed by atoms with Crippen LogP contribution in [0.25, 0.3) is 0 Å². The molecule has 0 bridgehead atoms. The Morgan fingerprint density at radius 2 is 2.12 bits per heavy atom. The molecule has 1 aliphatic heterocycles. The molecule has 0 N–H and O–H groups in total. The van der Waals surface area contributed by atoms with Crippen molar-refractivity contribution in [2.24, 2.45) is 0 Å². The zero-order valence-electron chi connectivity index (χ0n) is 9.89. The van der Waals surface area contributed by atoms with Crippen molar-refractivity contribution in [3.63, 3.8) is 0 Å². The smallest absolute Gasteiger partial charge is 0.305 e. The van der Waals surface area contributed by atoms with Crippen molar-refractivity contribution in [2.45, 2.75) is 51.1 Å². The van der Waals surface area contributed by atoms with Gasteiger partial charge in [-0.05, 0) is 26.7 Å². The summed E-state index contributed by atoms with van der Waals surface area (Å²) in [4.78, 5) is 21.7. The Hall–Kier alpha value is -0.940. The molecule has 1 saturated heterocycles. The molecule has 1 heterocycles. The predicted octanol–water partition coefficient (Wildman–Crippen LogP) is 1.05. The Morgan fingerprint density at radius 1 is 1.44 bits per heavy atom. The van der Waals surface area contributed by atoms with Gasteiger partial charge in [-0.25, -0.2) is 0 Å². The minimum Gasteiger partial charge on any atom is -0.469 e. The van der Waals surface area contributed by atoms with Crippen molar-refractivity contribution in [1.82, 2.24) is 0 Å². The number of esters is 1. The van der Waals surface area contributed by atoms with E-state index in [2.05, 4.69) is 4.74 Å². The van der Waals surface area contributed by atoms with Crippen molar-refractivity contribution < 1.29 is 23.8 Å². The lowest BCUT2D eigenvalue weighted by molar-refractivity contribution is -0.150. The van der Waals surface area contributed by atoms with E-state index >= 15 is 0 Å². The molecule has 16 heavy (non-hydrogen) atoms. The Bertz CT molecular complexity index is 261. The van der Waals surface area contributed by atoms with Crippen molar-refractivity contribution in [3.05, 3.63) is 0 Å². The summed E-state index contributed by atoms with van der Waals surface area (Å²) in [5, 5.41) is 0. The van der Waals surface area contributed by atoms with E-state index in [0.29, 0.717) is 19.3 Å². The minimum atomic E-state index is -0.721. The molecule has 1 fully saturated rings. The molecule has 0 saturated carbocycles. The van der Waals surface area contributed by atoms with Gasteiger partial charge in [-0.1, -0.05) is 0 Å². The quantitative estimate of drug-likeness (QED) is 0.522. The summed E-state index contributed by atoms with van der Waals surface area (Å²) >= 11 is 0. The molecule has 1 aliphatic rings. The van der Waals surface area contributed by atoms with E-state index in [-0.39, 0.29) is 12.1 Å². The van der Waals surface area contributed by atoms with Crippen molar-refractivity contribution in [1.29, 1.82) is 0 Å². The van der Waals surface area contributed by atoms with Crippen LogP contribution in [0.2, 0.25) is 0 Å². The lowest BCUT2D eigenvalue weighted by Gasteiger charge is -2.16. The first kappa shape index (κ1) is 13.1. The summed E-state index contributed by atoms with van der Waals surface area (Å²) in [5.41, 5.74) is 0. The highest BCUT2D eigenvalue weighted by Gasteiger charge is 2.40. The molecular formula is C11H18O5. The zero-order chi connectivity index (χ0) is 12.2. The summed E-state index contributed by atoms with van der Waals surface area (Å²) in [6.07, 6.45) is 1.52. The fourth-order valence-electron chi connectivity index (χ4n) is 1.75. The number of methoxy groups -OCH3 is 1. The van der Waals surface area contributed by atoms with Crippen LogP contribution >= 0.6 is 0 Å². The standard InChI is InChI=1S/C11H18O5/c1-11(2)15-8(9(7-12)16-11)5-4-6-10(13)14-3/h7-9H,4-6H2,1-3H3/t8-,9-/m0/s1. The normalized spacial score (nSPS) is 27.7. The topological polar surface area (TPSA) is 61.8 Å². The first-order chi connectivity index (χ1) is 7.48. The van der Waals surface area contributed by atoms with Gasteiger partial charge in [0.1, 0.15) is 6.10 Å². The van der Waals surface area contributed by atoms with Crippen LogP contribution in [0.5, 0.6) is 0 Å². The first-order valence-corrected chi connectivity index (χ1v) is 5.36. The molecule has 1 rings (SSSR count). The number of aldehydes is 1. The molecule has 0 aliphatic carbocycles. The van der Waals surface area contributed by atoms with Gasteiger partial charge in [0.15, 0.2) is 12.1 Å². The third kappa shape index (κ3) is 3.57. The SMILES string of the molecule is COC(=O)CCC[C@@H]1OC(C)(C)O[C@H]1C=O. The molecule has 0 aromatic rings. The fraction of sp³-hybridized carbons (Fsp3) is 0.818. The van der Waals surface area contributed by atoms with Gasteiger partial charge < -0.3 is 19.0 Å². The number of carbonyl (C=O) groups excluding carboxylic acids is 2. The maximum absolute atomic E-state index is 10.9. The summed E-state index contributed by atoms with van der Waals surface area (Å²) < 4.78 is 15.5. The molecule has 0 aromatic carbocycles. The van der Waals surface area contributed by atoms with Crippen LogP contribution in [0.1, 0.15) is 33.1 Å². The average molecular weight is 230 g/mol. The highest BCUT2D eigenvalue weighted by Crippen LogP contribution is 2.29. The molecule has 92 valence electrons. The van der Waals surface area contributed by atoms with Crippen LogP contribution in [0.3, 0.4) is 0 Å². The second kappa shape index (κ2) is 5.41. The third-order valence-corrected chi connectivity index (χ3v) is 2.45. The second-order valence-electron chi connectivity index (χ2n) is 4.24.